The van der Waals surface area contributed by atoms with Crippen molar-refractivity contribution in [1.82, 2.24) is 0 Å². The Morgan fingerprint density at radius 3 is 2.62 bits per heavy atom. The fourth-order valence-electron chi connectivity index (χ4n) is 2.10. The summed E-state index contributed by atoms with van der Waals surface area (Å²) in [6, 6.07) is 14.2. The Kier molecular flexibility index (Phi) is 3.28. The minimum atomic E-state index is -0.417. The average Bonchev–Trinajstić information content (AvgIpc) is 2.75. The zero-order chi connectivity index (χ0) is 14.8. The van der Waals surface area contributed by atoms with Crippen molar-refractivity contribution < 1.29 is 19.1 Å². The lowest BCUT2D eigenvalue weighted by Gasteiger charge is -2.02. The van der Waals surface area contributed by atoms with Crippen molar-refractivity contribution in [2.24, 2.45) is 0 Å². The zero-order valence-electron chi connectivity index (χ0n) is 11.3. The number of ketones is 1. The van der Waals surface area contributed by atoms with Crippen molar-refractivity contribution in [3.8, 4) is 11.5 Å². The molecule has 104 valence electrons. The van der Waals surface area contributed by atoms with Crippen LogP contribution in [-0.2, 0) is 4.79 Å². The predicted octanol–water partition coefficient (Wildman–Crippen LogP) is 3.23. The van der Waals surface area contributed by atoms with E-state index in [1.165, 1.54) is 6.92 Å². The van der Waals surface area contributed by atoms with Gasteiger partial charge in [-0.3, -0.25) is 9.59 Å². The van der Waals surface area contributed by atoms with E-state index < -0.39 is 5.97 Å². The molecule has 0 saturated heterocycles. The summed E-state index contributed by atoms with van der Waals surface area (Å²) in [5.74, 6) is 0.426. The first-order chi connectivity index (χ1) is 10.1. The summed E-state index contributed by atoms with van der Waals surface area (Å²) in [4.78, 5) is 23.2. The van der Waals surface area contributed by atoms with Crippen molar-refractivity contribution in [2.75, 3.05) is 0 Å². The lowest BCUT2D eigenvalue weighted by molar-refractivity contribution is -0.131. The van der Waals surface area contributed by atoms with Gasteiger partial charge < -0.3 is 9.47 Å². The van der Waals surface area contributed by atoms with Gasteiger partial charge in [0, 0.05) is 13.0 Å². The molecule has 1 aliphatic heterocycles. The number of benzene rings is 2. The highest BCUT2D eigenvalue weighted by Gasteiger charge is 2.27. The quantitative estimate of drug-likeness (QED) is 0.481. The number of ether oxygens (including phenoxy) is 2. The van der Waals surface area contributed by atoms with Crippen LogP contribution in [0.2, 0.25) is 0 Å². The fraction of sp³-hybridized carbons (Fsp3) is 0.0588. The van der Waals surface area contributed by atoms with Gasteiger partial charge in [-0.05, 0) is 23.8 Å². The van der Waals surface area contributed by atoms with E-state index in [0.29, 0.717) is 17.1 Å². The number of esters is 1. The van der Waals surface area contributed by atoms with E-state index in [0.717, 1.165) is 5.56 Å². The first-order valence-electron chi connectivity index (χ1n) is 6.45. The van der Waals surface area contributed by atoms with Crippen LogP contribution in [0.15, 0.2) is 54.3 Å². The molecule has 0 unspecified atom stereocenters. The SMILES string of the molecule is CC(=O)Oc1ccc2c(c1)O/C(=C/c1ccccc1)C2=O. The van der Waals surface area contributed by atoms with Crippen molar-refractivity contribution in [2.45, 2.75) is 6.92 Å². The van der Waals surface area contributed by atoms with Crippen LogP contribution in [0.25, 0.3) is 6.08 Å². The van der Waals surface area contributed by atoms with E-state index in [-0.39, 0.29) is 11.5 Å². The normalized spacial score (nSPS) is 14.7. The summed E-state index contributed by atoms with van der Waals surface area (Å²) in [6.07, 6.45) is 1.69. The minimum Gasteiger partial charge on any atom is -0.452 e. The lowest BCUT2D eigenvalue weighted by atomic mass is 10.1. The summed E-state index contributed by atoms with van der Waals surface area (Å²) < 4.78 is 10.5. The molecule has 0 N–H and O–H groups in total. The van der Waals surface area contributed by atoms with Gasteiger partial charge in [0.25, 0.3) is 0 Å². The number of carbonyl (C=O) groups is 2. The second kappa shape index (κ2) is 5.25. The van der Waals surface area contributed by atoms with Crippen LogP contribution in [0.5, 0.6) is 11.5 Å². The molecule has 2 aromatic rings. The first-order valence-corrected chi connectivity index (χ1v) is 6.45. The fourth-order valence-corrected chi connectivity index (χ4v) is 2.10. The van der Waals surface area contributed by atoms with Gasteiger partial charge in [0.1, 0.15) is 11.5 Å². The molecule has 1 heterocycles. The molecule has 0 atom stereocenters. The Bertz CT molecular complexity index is 745. The molecule has 3 rings (SSSR count). The second-order valence-corrected chi connectivity index (χ2v) is 4.60. The largest absolute Gasteiger partial charge is 0.452 e. The number of hydrogen-bond donors (Lipinski definition) is 0. The number of carbonyl (C=O) groups excluding carboxylic acids is 2. The molecule has 0 amide bonds. The molecule has 4 nitrogen and oxygen atoms in total. The summed E-state index contributed by atoms with van der Waals surface area (Å²) >= 11 is 0. The number of Topliss-reactive ketones (excluding diaryl/α,β-unsaturated/α-hetero) is 1. The number of rotatable bonds is 2. The Labute approximate surface area is 121 Å². The molecule has 0 aliphatic carbocycles. The van der Waals surface area contributed by atoms with E-state index in [2.05, 4.69) is 0 Å². The lowest BCUT2D eigenvalue weighted by Crippen LogP contribution is -2.01. The highest BCUT2D eigenvalue weighted by atomic mass is 16.5. The summed E-state index contributed by atoms with van der Waals surface area (Å²) in [7, 11) is 0. The molecule has 2 aromatic carbocycles. The average molecular weight is 280 g/mol. The van der Waals surface area contributed by atoms with E-state index in [4.69, 9.17) is 9.47 Å². The van der Waals surface area contributed by atoms with Gasteiger partial charge in [-0.25, -0.2) is 0 Å². The van der Waals surface area contributed by atoms with Crippen LogP contribution in [0.1, 0.15) is 22.8 Å². The standard InChI is InChI=1S/C17H12O4/c1-11(18)20-13-7-8-14-15(10-13)21-16(17(14)19)9-12-5-3-2-4-6-12/h2-10H,1H3/b16-9+. The molecule has 4 heteroatoms. The second-order valence-electron chi connectivity index (χ2n) is 4.60. The van der Waals surface area contributed by atoms with Crippen molar-refractivity contribution in [3.63, 3.8) is 0 Å². The van der Waals surface area contributed by atoms with Crippen molar-refractivity contribution in [1.29, 1.82) is 0 Å². The smallest absolute Gasteiger partial charge is 0.308 e. The molecule has 0 bridgehead atoms. The topological polar surface area (TPSA) is 52.6 Å². The monoisotopic (exact) mass is 280 g/mol. The molecule has 0 spiro atoms. The number of hydrogen-bond acceptors (Lipinski definition) is 4. The molecule has 21 heavy (non-hydrogen) atoms. The summed E-state index contributed by atoms with van der Waals surface area (Å²) in [5, 5.41) is 0. The highest BCUT2D eigenvalue weighted by molar-refractivity contribution is 6.14. The third-order valence-electron chi connectivity index (χ3n) is 3.00. The Hall–Kier alpha value is -2.88. The van der Waals surface area contributed by atoms with Crippen LogP contribution in [0.3, 0.4) is 0 Å². The third-order valence-corrected chi connectivity index (χ3v) is 3.00. The van der Waals surface area contributed by atoms with Crippen LogP contribution < -0.4 is 9.47 Å². The van der Waals surface area contributed by atoms with Crippen LogP contribution in [0, 0.1) is 0 Å². The van der Waals surface area contributed by atoms with Gasteiger partial charge in [0.05, 0.1) is 5.56 Å². The highest BCUT2D eigenvalue weighted by Crippen LogP contribution is 2.34. The molecule has 0 saturated carbocycles. The number of fused-ring (bicyclic) bond motifs is 1. The minimum absolute atomic E-state index is 0.178. The predicted molar refractivity (Wildman–Crippen MR) is 77.1 cm³/mol. The van der Waals surface area contributed by atoms with Gasteiger partial charge in [-0.2, -0.15) is 0 Å². The molecule has 0 radical (unpaired) electrons. The van der Waals surface area contributed by atoms with Crippen molar-refractivity contribution >= 4 is 17.8 Å². The van der Waals surface area contributed by atoms with E-state index >= 15 is 0 Å². The van der Waals surface area contributed by atoms with Gasteiger partial charge in [0.15, 0.2) is 5.76 Å². The zero-order valence-corrected chi connectivity index (χ0v) is 11.3. The van der Waals surface area contributed by atoms with Crippen LogP contribution in [0.4, 0.5) is 0 Å². The van der Waals surface area contributed by atoms with E-state index in [1.807, 2.05) is 30.3 Å². The molecule has 1 aliphatic rings. The summed E-state index contributed by atoms with van der Waals surface area (Å²) in [5.41, 5.74) is 1.35. The van der Waals surface area contributed by atoms with Gasteiger partial charge in [0.2, 0.25) is 5.78 Å². The molecule has 0 aromatic heterocycles. The Balaban J connectivity index is 1.91. The summed E-state index contributed by atoms with van der Waals surface area (Å²) in [6.45, 7) is 1.32. The Morgan fingerprint density at radius 1 is 1.14 bits per heavy atom. The van der Waals surface area contributed by atoms with E-state index in [9.17, 15) is 9.59 Å². The maximum atomic E-state index is 12.2. The van der Waals surface area contributed by atoms with Crippen LogP contribution >= 0.6 is 0 Å². The maximum absolute atomic E-state index is 12.2. The molecule has 0 fully saturated rings. The maximum Gasteiger partial charge on any atom is 0.308 e. The van der Waals surface area contributed by atoms with Crippen molar-refractivity contribution in [3.05, 3.63) is 65.4 Å². The third kappa shape index (κ3) is 2.69. The Morgan fingerprint density at radius 2 is 1.90 bits per heavy atom. The van der Waals surface area contributed by atoms with Gasteiger partial charge in [-0.15, -0.1) is 0 Å². The molecular formula is C17H12O4. The first kappa shape index (κ1) is 13.1. The molecular weight excluding hydrogens is 268 g/mol. The van der Waals surface area contributed by atoms with E-state index in [1.54, 1.807) is 24.3 Å². The number of allylic oxidation sites excluding steroid dienone is 1. The van der Waals surface area contributed by atoms with Gasteiger partial charge >= 0.3 is 5.97 Å². The van der Waals surface area contributed by atoms with Crippen LogP contribution in [-0.4, -0.2) is 11.8 Å². The van der Waals surface area contributed by atoms with Gasteiger partial charge in [-0.1, -0.05) is 30.3 Å².